The van der Waals surface area contributed by atoms with E-state index in [9.17, 15) is 14.6 Å². The number of nitrogen functional groups attached to an aromatic ring is 1. The van der Waals surface area contributed by atoms with Gasteiger partial charge in [-0.1, -0.05) is 0 Å². The normalized spacial score (nSPS) is 25.6. The van der Waals surface area contributed by atoms with Gasteiger partial charge < -0.3 is 30.0 Å². The zero-order chi connectivity index (χ0) is 21.6. The highest BCUT2D eigenvalue weighted by Gasteiger charge is 2.44. The molecule has 3 aromatic rings. The second kappa shape index (κ2) is 7.74. The summed E-state index contributed by atoms with van der Waals surface area (Å²) < 4.78 is 28.2. The largest absolute Gasteiger partial charge is 0.491 e. The number of halogens is 1. The summed E-state index contributed by atoms with van der Waals surface area (Å²) in [5.74, 6) is 0.384. The van der Waals surface area contributed by atoms with E-state index >= 15 is 0 Å². The fraction of sp³-hybridized carbons (Fsp3) is 0.455. The quantitative estimate of drug-likeness (QED) is 0.552. The Hall–Kier alpha value is -2.75. The van der Waals surface area contributed by atoms with E-state index in [2.05, 4.69) is 9.97 Å². The van der Waals surface area contributed by atoms with E-state index < -0.39 is 11.4 Å². The third-order valence-corrected chi connectivity index (χ3v) is 6.25. The number of ether oxygens (including phenoxy) is 2. The molecule has 2 aromatic heterocycles. The molecule has 9 heteroatoms. The van der Waals surface area contributed by atoms with Crippen LogP contribution in [0.3, 0.4) is 0 Å². The van der Waals surface area contributed by atoms with Gasteiger partial charge in [0.15, 0.2) is 0 Å². The number of aromatic nitrogens is 3. The monoisotopic (exact) mass is 428 g/mol. The van der Waals surface area contributed by atoms with Crippen LogP contribution in [-0.2, 0) is 4.74 Å². The summed E-state index contributed by atoms with van der Waals surface area (Å²) in [6.07, 6.45) is 5.95. The first-order chi connectivity index (χ1) is 15.0. The van der Waals surface area contributed by atoms with Crippen LogP contribution in [0.25, 0.3) is 22.2 Å². The van der Waals surface area contributed by atoms with Gasteiger partial charge in [0.1, 0.15) is 36.0 Å². The molecule has 0 bridgehead atoms. The van der Waals surface area contributed by atoms with Crippen molar-refractivity contribution in [3.63, 3.8) is 0 Å². The van der Waals surface area contributed by atoms with E-state index in [4.69, 9.17) is 15.2 Å². The summed E-state index contributed by atoms with van der Waals surface area (Å²) in [4.78, 5) is 8.45. The Balaban J connectivity index is 1.52. The van der Waals surface area contributed by atoms with Gasteiger partial charge in [-0.3, -0.25) is 0 Å². The maximum absolute atomic E-state index is 14.9. The summed E-state index contributed by atoms with van der Waals surface area (Å²) in [6.45, 7) is 0.860. The Bertz CT molecular complexity index is 1110. The maximum atomic E-state index is 14.9. The lowest BCUT2D eigenvalue weighted by atomic mass is 9.76. The predicted molar refractivity (Wildman–Crippen MR) is 112 cm³/mol. The number of hydrogen-bond donors (Lipinski definition) is 3. The molecule has 8 nitrogen and oxygen atoms in total. The molecule has 2 aliphatic rings. The maximum Gasteiger partial charge on any atom is 0.146 e. The van der Waals surface area contributed by atoms with Crippen LogP contribution in [0.1, 0.15) is 31.7 Å². The van der Waals surface area contributed by atoms with Crippen molar-refractivity contribution < 1.29 is 24.1 Å². The van der Waals surface area contributed by atoms with Gasteiger partial charge in [-0.15, -0.1) is 0 Å². The molecule has 1 saturated carbocycles. The summed E-state index contributed by atoms with van der Waals surface area (Å²) >= 11 is 0. The van der Waals surface area contributed by atoms with Crippen molar-refractivity contribution in [1.82, 2.24) is 14.5 Å². The Morgan fingerprint density at radius 2 is 2.13 bits per heavy atom. The van der Waals surface area contributed by atoms with E-state index in [1.54, 1.807) is 18.3 Å². The van der Waals surface area contributed by atoms with Crippen LogP contribution in [0.4, 0.5) is 10.2 Å². The second-order valence-electron chi connectivity index (χ2n) is 8.44. The molecule has 164 valence electrons. The standard InChI is InChI=1S/C22H25FN4O4/c23-18-4-3-14(31-10-15-2-1-5-30-15)6-16(18)17-9-27(13-7-22(29,8-13)11-28)21-19(17)20(24)25-12-26-21/h3-4,6,9,12-13,15,28-29H,1-2,5,7-8,10-11H2,(H2,24,25,26). The number of nitrogens with two attached hydrogens (primary N) is 1. The highest BCUT2D eigenvalue weighted by Crippen LogP contribution is 2.45. The fourth-order valence-electron chi connectivity index (χ4n) is 4.50. The van der Waals surface area contributed by atoms with Gasteiger partial charge >= 0.3 is 0 Å². The summed E-state index contributed by atoms with van der Waals surface area (Å²) in [7, 11) is 0. The molecule has 0 amide bonds. The number of anilines is 1. The highest BCUT2D eigenvalue weighted by molar-refractivity contribution is 6.01. The van der Waals surface area contributed by atoms with Crippen LogP contribution >= 0.6 is 0 Å². The number of fused-ring (bicyclic) bond motifs is 1. The van der Waals surface area contributed by atoms with Gasteiger partial charge in [-0.2, -0.15) is 0 Å². The van der Waals surface area contributed by atoms with Gasteiger partial charge in [-0.05, 0) is 43.9 Å². The van der Waals surface area contributed by atoms with Crippen molar-refractivity contribution in [3.8, 4) is 16.9 Å². The van der Waals surface area contributed by atoms with Gasteiger partial charge in [0, 0.05) is 30.0 Å². The van der Waals surface area contributed by atoms with Gasteiger partial charge in [0.2, 0.25) is 0 Å². The molecule has 2 fully saturated rings. The lowest BCUT2D eigenvalue weighted by Gasteiger charge is -2.43. The molecule has 1 aromatic carbocycles. The van der Waals surface area contributed by atoms with Crippen molar-refractivity contribution in [2.75, 3.05) is 25.6 Å². The van der Waals surface area contributed by atoms with Crippen molar-refractivity contribution in [1.29, 1.82) is 0 Å². The van der Waals surface area contributed by atoms with Crippen LogP contribution in [0.2, 0.25) is 0 Å². The molecule has 3 heterocycles. The number of hydrogen-bond acceptors (Lipinski definition) is 7. The molecule has 0 radical (unpaired) electrons. The molecule has 5 rings (SSSR count). The SMILES string of the molecule is Nc1ncnc2c1c(-c1cc(OCC3CCCO3)ccc1F)cn2C1CC(O)(CO)C1. The van der Waals surface area contributed by atoms with E-state index in [0.29, 0.717) is 47.4 Å². The van der Waals surface area contributed by atoms with E-state index in [1.807, 2.05) is 4.57 Å². The average molecular weight is 428 g/mol. The topological polar surface area (TPSA) is 116 Å². The van der Waals surface area contributed by atoms with E-state index in [-0.39, 0.29) is 24.6 Å². The number of rotatable bonds is 6. The minimum absolute atomic E-state index is 0.0587. The molecule has 1 aliphatic carbocycles. The molecule has 0 spiro atoms. The molecule has 4 N–H and O–H groups in total. The molecule has 1 saturated heterocycles. The average Bonchev–Trinajstić information content (AvgIpc) is 3.39. The van der Waals surface area contributed by atoms with Crippen molar-refractivity contribution in [2.24, 2.45) is 0 Å². The van der Waals surface area contributed by atoms with E-state index in [1.165, 1.54) is 12.4 Å². The molecule has 31 heavy (non-hydrogen) atoms. The second-order valence-corrected chi connectivity index (χ2v) is 8.44. The summed E-state index contributed by atoms with van der Waals surface area (Å²) in [6, 6.07) is 4.54. The number of aliphatic hydroxyl groups is 2. The van der Waals surface area contributed by atoms with Crippen molar-refractivity contribution in [3.05, 3.63) is 36.5 Å². The Morgan fingerprint density at radius 3 is 2.87 bits per heavy atom. The van der Waals surface area contributed by atoms with Gasteiger partial charge in [-0.25, -0.2) is 14.4 Å². The third-order valence-electron chi connectivity index (χ3n) is 6.25. The first kappa shape index (κ1) is 20.2. The van der Waals surface area contributed by atoms with Crippen LogP contribution in [0.5, 0.6) is 5.75 Å². The molecule has 1 atom stereocenters. The van der Waals surface area contributed by atoms with Crippen molar-refractivity contribution in [2.45, 2.75) is 43.4 Å². The molecule has 1 unspecified atom stereocenters. The number of nitrogens with zero attached hydrogens (tertiary/aromatic N) is 3. The predicted octanol–water partition coefficient (Wildman–Crippen LogP) is 2.44. The smallest absolute Gasteiger partial charge is 0.146 e. The minimum atomic E-state index is -1.10. The van der Waals surface area contributed by atoms with Crippen LogP contribution in [0.15, 0.2) is 30.7 Å². The molecular weight excluding hydrogens is 403 g/mol. The lowest BCUT2D eigenvalue weighted by molar-refractivity contribution is -0.101. The minimum Gasteiger partial charge on any atom is -0.491 e. The first-order valence-electron chi connectivity index (χ1n) is 10.5. The van der Waals surface area contributed by atoms with Crippen molar-refractivity contribution >= 4 is 16.9 Å². The number of benzene rings is 1. The molecular formula is C22H25FN4O4. The number of aliphatic hydroxyl groups excluding tert-OH is 1. The summed E-state index contributed by atoms with van der Waals surface area (Å²) in [5, 5.41) is 20.1. The van der Waals surface area contributed by atoms with Gasteiger partial charge in [0.25, 0.3) is 0 Å². The third kappa shape index (κ3) is 3.62. The zero-order valence-electron chi connectivity index (χ0n) is 17.0. The van der Waals surface area contributed by atoms with Crippen LogP contribution in [0, 0.1) is 5.82 Å². The Kier molecular flexibility index (Phi) is 5.04. The zero-order valence-corrected chi connectivity index (χ0v) is 17.0. The fourth-order valence-corrected chi connectivity index (χ4v) is 4.50. The lowest BCUT2D eigenvalue weighted by Crippen LogP contribution is -2.47. The van der Waals surface area contributed by atoms with Crippen LogP contribution in [-0.4, -0.2) is 56.3 Å². The van der Waals surface area contributed by atoms with Crippen LogP contribution < -0.4 is 10.5 Å². The van der Waals surface area contributed by atoms with E-state index in [0.717, 1.165) is 19.4 Å². The Morgan fingerprint density at radius 1 is 1.29 bits per heavy atom. The van der Waals surface area contributed by atoms with Gasteiger partial charge in [0.05, 0.1) is 23.7 Å². The first-order valence-corrected chi connectivity index (χ1v) is 10.5. The molecule has 1 aliphatic heterocycles. The summed E-state index contributed by atoms with van der Waals surface area (Å²) in [5.41, 5.74) is 6.53. The highest BCUT2D eigenvalue weighted by atomic mass is 19.1. The Labute approximate surface area is 178 Å².